The van der Waals surface area contributed by atoms with Crippen LogP contribution >= 0.6 is 12.2 Å². The minimum atomic E-state index is 0.213. The standard InChI is InChI=1S/C21H26N2O3S/c1-4-25-19-10-16-9-14(2)26-20(16)11-17(19)13-23-21(27)22-12-15-5-7-18(24-3)8-6-15/h5-8,10-11,14H,4,9,12-13H2,1-3H3,(H2,22,23,27)/t14-/m0/s1. The molecule has 1 heterocycles. The molecule has 0 radical (unpaired) electrons. The van der Waals surface area contributed by atoms with Crippen LogP contribution in [-0.4, -0.2) is 24.9 Å². The van der Waals surface area contributed by atoms with Crippen LogP contribution in [0.5, 0.6) is 17.2 Å². The second kappa shape index (κ2) is 8.95. The van der Waals surface area contributed by atoms with Crippen molar-refractivity contribution in [2.24, 2.45) is 0 Å². The summed E-state index contributed by atoms with van der Waals surface area (Å²) in [6.07, 6.45) is 1.13. The lowest BCUT2D eigenvalue weighted by Crippen LogP contribution is -2.34. The molecule has 0 unspecified atom stereocenters. The largest absolute Gasteiger partial charge is 0.497 e. The first-order valence-electron chi connectivity index (χ1n) is 9.19. The Balaban J connectivity index is 1.57. The van der Waals surface area contributed by atoms with Gasteiger partial charge < -0.3 is 24.8 Å². The molecule has 0 fully saturated rings. The molecular formula is C21H26N2O3S. The number of hydrogen-bond acceptors (Lipinski definition) is 4. The summed E-state index contributed by atoms with van der Waals surface area (Å²) in [6.45, 7) is 5.93. The van der Waals surface area contributed by atoms with E-state index in [1.165, 1.54) is 5.56 Å². The second-order valence-corrected chi connectivity index (χ2v) is 6.93. The number of hydrogen-bond donors (Lipinski definition) is 2. The molecule has 2 N–H and O–H groups in total. The van der Waals surface area contributed by atoms with E-state index in [9.17, 15) is 0 Å². The van der Waals surface area contributed by atoms with Crippen molar-refractivity contribution in [2.75, 3.05) is 13.7 Å². The topological polar surface area (TPSA) is 51.8 Å². The van der Waals surface area contributed by atoms with Gasteiger partial charge in [-0.2, -0.15) is 0 Å². The Hall–Kier alpha value is -2.47. The quantitative estimate of drug-likeness (QED) is 0.710. The third-order valence-corrected chi connectivity index (χ3v) is 4.72. The Kier molecular flexibility index (Phi) is 6.40. The van der Waals surface area contributed by atoms with Gasteiger partial charge in [0, 0.05) is 30.6 Å². The van der Waals surface area contributed by atoms with Gasteiger partial charge in [0.2, 0.25) is 0 Å². The van der Waals surface area contributed by atoms with Gasteiger partial charge in [-0.3, -0.25) is 0 Å². The third kappa shape index (κ3) is 5.04. The van der Waals surface area contributed by atoms with E-state index in [0.29, 0.717) is 24.8 Å². The van der Waals surface area contributed by atoms with E-state index in [4.69, 9.17) is 26.4 Å². The molecule has 0 spiro atoms. The Bertz CT molecular complexity index is 793. The number of ether oxygens (including phenoxy) is 3. The summed E-state index contributed by atoms with van der Waals surface area (Å²) >= 11 is 5.41. The van der Waals surface area contributed by atoms with Crippen LogP contribution in [0.4, 0.5) is 0 Å². The highest BCUT2D eigenvalue weighted by Gasteiger charge is 2.21. The summed E-state index contributed by atoms with van der Waals surface area (Å²) in [5, 5.41) is 7.08. The Morgan fingerprint density at radius 1 is 1.19 bits per heavy atom. The number of benzene rings is 2. The van der Waals surface area contributed by atoms with Crippen LogP contribution in [0.2, 0.25) is 0 Å². The maximum Gasteiger partial charge on any atom is 0.166 e. The first-order chi connectivity index (χ1) is 13.1. The summed E-state index contributed by atoms with van der Waals surface area (Å²) in [6, 6.07) is 12.1. The van der Waals surface area contributed by atoms with Crippen LogP contribution in [0.25, 0.3) is 0 Å². The fourth-order valence-electron chi connectivity index (χ4n) is 3.07. The molecular weight excluding hydrogens is 360 g/mol. The average Bonchev–Trinajstić information content (AvgIpc) is 3.04. The maximum atomic E-state index is 5.87. The molecule has 27 heavy (non-hydrogen) atoms. The van der Waals surface area contributed by atoms with E-state index in [2.05, 4.69) is 29.7 Å². The van der Waals surface area contributed by atoms with Gasteiger partial charge in [-0.15, -0.1) is 0 Å². The van der Waals surface area contributed by atoms with Crippen molar-refractivity contribution in [3.8, 4) is 17.2 Å². The zero-order valence-corrected chi connectivity index (χ0v) is 16.8. The number of fused-ring (bicyclic) bond motifs is 1. The lowest BCUT2D eigenvalue weighted by molar-refractivity contribution is 0.254. The second-order valence-electron chi connectivity index (χ2n) is 6.52. The summed E-state index contributed by atoms with van der Waals surface area (Å²) in [7, 11) is 1.66. The molecule has 2 aromatic rings. The van der Waals surface area contributed by atoms with Crippen molar-refractivity contribution >= 4 is 17.3 Å². The van der Waals surface area contributed by atoms with Crippen LogP contribution in [0.1, 0.15) is 30.5 Å². The summed E-state index contributed by atoms with van der Waals surface area (Å²) in [4.78, 5) is 0. The molecule has 0 aromatic heterocycles. The predicted octanol–water partition coefficient (Wildman–Crippen LogP) is 3.58. The fraction of sp³-hybridized carbons (Fsp3) is 0.381. The minimum Gasteiger partial charge on any atom is -0.497 e. The van der Waals surface area contributed by atoms with Crippen molar-refractivity contribution < 1.29 is 14.2 Å². The van der Waals surface area contributed by atoms with Crippen molar-refractivity contribution in [3.05, 3.63) is 53.1 Å². The molecule has 0 amide bonds. The number of rotatable bonds is 7. The van der Waals surface area contributed by atoms with E-state index in [1.807, 2.05) is 31.2 Å². The molecule has 5 nitrogen and oxygen atoms in total. The van der Waals surface area contributed by atoms with Crippen molar-refractivity contribution in [2.45, 2.75) is 39.5 Å². The number of nitrogens with one attached hydrogen (secondary N) is 2. The highest BCUT2D eigenvalue weighted by atomic mass is 32.1. The SMILES string of the molecule is CCOc1cc2c(cc1CNC(=S)NCc1ccc(OC)cc1)O[C@@H](C)C2. The Labute approximate surface area is 166 Å². The average molecular weight is 387 g/mol. The van der Waals surface area contributed by atoms with E-state index in [-0.39, 0.29) is 6.10 Å². The van der Waals surface area contributed by atoms with Gasteiger partial charge >= 0.3 is 0 Å². The van der Waals surface area contributed by atoms with E-state index in [0.717, 1.165) is 34.8 Å². The van der Waals surface area contributed by atoms with Gasteiger partial charge in [-0.05, 0) is 55.9 Å². The minimum absolute atomic E-state index is 0.213. The van der Waals surface area contributed by atoms with Crippen molar-refractivity contribution in [1.29, 1.82) is 0 Å². The van der Waals surface area contributed by atoms with Crippen LogP contribution in [0, 0.1) is 0 Å². The zero-order valence-electron chi connectivity index (χ0n) is 16.0. The monoisotopic (exact) mass is 386 g/mol. The van der Waals surface area contributed by atoms with Gasteiger partial charge in [-0.1, -0.05) is 12.1 Å². The molecule has 0 bridgehead atoms. The van der Waals surface area contributed by atoms with E-state index < -0.39 is 0 Å². The molecule has 0 aliphatic carbocycles. The third-order valence-electron chi connectivity index (χ3n) is 4.43. The van der Waals surface area contributed by atoms with Gasteiger partial charge in [0.15, 0.2) is 5.11 Å². The Morgan fingerprint density at radius 3 is 2.63 bits per heavy atom. The van der Waals surface area contributed by atoms with Gasteiger partial charge in [0.05, 0.1) is 13.7 Å². The van der Waals surface area contributed by atoms with Gasteiger partial charge in [0.1, 0.15) is 23.4 Å². The summed E-state index contributed by atoms with van der Waals surface area (Å²) < 4.78 is 16.9. The molecule has 0 saturated carbocycles. The van der Waals surface area contributed by atoms with Gasteiger partial charge in [0.25, 0.3) is 0 Å². The smallest absolute Gasteiger partial charge is 0.166 e. The maximum absolute atomic E-state index is 5.87. The molecule has 1 aliphatic heterocycles. The molecule has 0 saturated heterocycles. The van der Waals surface area contributed by atoms with Gasteiger partial charge in [-0.25, -0.2) is 0 Å². The summed E-state index contributed by atoms with van der Waals surface area (Å²) in [5.41, 5.74) is 3.38. The predicted molar refractivity (Wildman–Crippen MR) is 111 cm³/mol. The molecule has 3 rings (SSSR count). The number of methoxy groups -OCH3 is 1. The van der Waals surface area contributed by atoms with Crippen LogP contribution in [0.3, 0.4) is 0 Å². The lowest BCUT2D eigenvalue weighted by atomic mass is 10.1. The highest BCUT2D eigenvalue weighted by molar-refractivity contribution is 7.80. The fourth-order valence-corrected chi connectivity index (χ4v) is 3.22. The molecule has 1 atom stereocenters. The Morgan fingerprint density at radius 2 is 1.93 bits per heavy atom. The van der Waals surface area contributed by atoms with Crippen molar-refractivity contribution in [3.63, 3.8) is 0 Å². The van der Waals surface area contributed by atoms with Crippen LogP contribution in [0.15, 0.2) is 36.4 Å². The first-order valence-corrected chi connectivity index (χ1v) is 9.59. The van der Waals surface area contributed by atoms with E-state index in [1.54, 1.807) is 7.11 Å². The normalized spacial score (nSPS) is 14.9. The van der Waals surface area contributed by atoms with Crippen LogP contribution in [-0.2, 0) is 19.5 Å². The summed E-state index contributed by atoms with van der Waals surface area (Å²) in [5.74, 6) is 2.68. The van der Waals surface area contributed by atoms with Crippen LogP contribution < -0.4 is 24.8 Å². The zero-order chi connectivity index (χ0) is 19.2. The molecule has 144 valence electrons. The highest BCUT2D eigenvalue weighted by Crippen LogP contribution is 2.35. The number of thiocarbonyl (C=S) groups is 1. The molecule has 1 aliphatic rings. The molecule has 6 heteroatoms. The van der Waals surface area contributed by atoms with E-state index >= 15 is 0 Å². The molecule has 2 aromatic carbocycles. The first kappa shape index (κ1) is 19.3. The lowest BCUT2D eigenvalue weighted by Gasteiger charge is -2.15. The van der Waals surface area contributed by atoms with Crippen molar-refractivity contribution in [1.82, 2.24) is 10.6 Å².